The fourth-order valence-electron chi connectivity index (χ4n) is 2.02. The van der Waals surface area contributed by atoms with Crippen molar-refractivity contribution in [1.82, 2.24) is 4.98 Å². The van der Waals surface area contributed by atoms with E-state index in [1.807, 2.05) is 13.8 Å². The second-order valence-electron chi connectivity index (χ2n) is 4.03. The Kier molecular flexibility index (Phi) is 2.54. The lowest BCUT2D eigenvalue weighted by Gasteiger charge is -2.08. The molecule has 2 rings (SSSR count). The molecule has 3 heteroatoms. The quantitative estimate of drug-likeness (QED) is 0.786. The Balaban J connectivity index is 3.04. The summed E-state index contributed by atoms with van der Waals surface area (Å²) in [5.41, 5.74) is 2.56. The van der Waals surface area contributed by atoms with Crippen molar-refractivity contribution >= 4 is 10.9 Å². The first-order chi connectivity index (χ1) is 7.56. The van der Waals surface area contributed by atoms with E-state index < -0.39 is 0 Å². The number of fused-ring (bicyclic) bond motifs is 1. The lowest BCUT2D eigenvalue weighted by molar-refractivity contribution is 0.635. The predicted molar refractivity (Wildman–Crippen MR) is 63.4 cm³/mol. The fraction of sp³-hybridized carbons (Fsp3) is 0.308. The molecule has 0 aliphatic carbocycles. The van der Waals surface area contributed by atoms with E-state index in [0.29, 0.717) is 22.9 Å². The van der Waals surface area contributed by atoms with Crippen LogP contribution in [0.25, 0.3) is 10.9 Å². The summed E-state index contributed by atoms with van der Waals surface area (Å²) in [7, 11) is 0. The predicted octanol–water partition coefficient (Wildman–Crippen LogP) is 2.85. The monoisotopic (exact) mass is 219 g/mol. The Morgan fingerprint density at radius 1 is 1.31 bits per heavy atom. The summed E-state index contributed by atoms with van der Waals surface area (Å²) < 4.78 is 13.6. The Bertz CT molecular complexity index is 613. The van der Waals surface area contributed by atoms with Gasteiger partial charge >= 0.3 is 0 Å². The number of aryl methyl sites for hydroxylation is 2. The zero-order chi connectivity index (χ0) is 11.9. The summed E-state index contributed by atoms with van der Waals surface area (Å²) in [6.45, 7) is 5.54. The van der Waals surface area contributed by atoms with Crippen molar-refractivity contribution in [3.05, 3.63) is 45.0 Å². The van der Waals surface area contributed by atoms with Gasteiger partial charge in [-0.25, -0.2) is 4.39 Å². The molecule has 1 aromatic heterocycles. The summed E-state index contributed by atoms with van der Waals surface area (Å²) in [5, 5.41) is 0.467. The number of pyridine rings is 1. The average Bonchev–Trinajstić information content (AvgIpc) is 2.27. The molecule has 0 unspecified atom stereocenters. The molecule has 0 saturated carbocycles. The molecule has 2 aromatic rings. The lowest BCUT2D eigenvalue weighted by Crippen LogP contribution is -2.13. The third-order valence-electron chi connectivity index (χ3n) is 3.01. The normalized spacial score (nSPS) is 11.0. The summed E-state index contributed by atoms with van der Waals surface area (Å²) in [6, 6.07) is 3.03. The summed E-state index contributed by atoms with van der Waals surface area (Å²) in [5.74, 6) is -0.368. The van der Waals surface area contributed by atoms with Gasteiger partial charge in [0.1, 0.15) is 5.82 Å². The van der Waals surface area contributed by atoms with Crippen LogP contribution in [0, 0.1) is 19.7 Å². The maximum atomic E-state index is 13.6. The first kappa shape index (κ1) is 10.9. The number of hydrogen-bond acceptors (Lipinski definition) is 1. The van der Waals surface area contributed by atoms with Crippen LogP contribution in [0.4, 0.5) is 4.39 Å². The van der Waals surface area contributed by atoms with Gasteiger partial charge < -0.3 is 4.98 Å². The molecule has 0 aliphatic heterocycles. The van der Waals surface area contributed by atoms with E-state index in [9.17, 15) is 9.18 Å². The average molecular weight is 219 g/mol. The molecule has 1 N–H and O–H groups in total. The van der Waals surface area contributed by atoms with E-state index in [0.717, 1.165) is 11.3 Å². The van der Waals surface area contributed by atoms with Gasteiger partial charge in [0.15, 0.2) is 5.43 Å². The molecule has 0 amide bonds. The highest BCUT2D eigenvalue weighted by atomic mass is 19.1. The molecule has 84 valence electrons. The summed E-state index contributed by atoms with van der Waals surface area (Å²) in [6.07, 6.45) is 0.699. The topological polar surface area (TPSA) is 32.9 Å². The van der Waals surface area contributed by atoms with E-state index in [1.54, 1.807) is 13.0 Å². The van der Waals surface area contributed by atoms with Crippen LogP contribution < -0.4 is 5.43 Å². The van der Waals surface area contributed by atoms with Gasteiger partial charge in [-0.05, 0) is 31.9 Å². The van der Waals surface area contributed by atoms with Gasteiger partial charge in [0.05, 0.1) is 10.9 Å². The number of aromatic amines is 1. The minimum absolute atomic E-state index is 0.0670. The first-order valence-electron chi connectivity index (χ1n) is 5.36. The Hall–Kier alpha value is -1.64. The van der Waals surface area contributed by atoms with Gasteiger partial charge in [-0.1, -0.05) is 13.0 Å². The number of H-pyrrole nitrogens is 1. The second-order valence-corrected chi connectivity index (χ2v) is 4.03. The highest BCUT2D eigenvalue weighted by Crippen LogP contribution is 2.18. The van der Waals surface area contributed by atoms with Crippen LogP contribution in [0.3, 0.4) is 0 Å². The van der Waals surface area contributed by atoms with Crippen LogP contribution >= 0.6 is 0 Å². The van der Waals surface area contributed by atoms with Crippen LogP contribution in [0.1, 0.15) is 23.7 Å². The molecule has 2 nitrogen and oxygen atoms in total. The van der Waals surface area contributed by atoms with Crippen molar-refractivity contribution in [3.63, 3.8) is 0 Å². The lowest BCUT2D eigenvalue weighted by atomic mass is 10.0. The molecule has 1 aromatic carbocycles. The largest absolute Gasteiger partial charge is 0.356 e. The summed E-state index contributed by atoms with van der Waals surface area (Å²) in [4.78, 5) is 15.1. The number of aromatic nitrogens is 1. The number of nitrogens with one attached hydrogen (secondary N) is 1. The molecule has 1 heterocycles. The molecule has 0 bridgehead atoms. The summed E-state index contributed by atoms with van der Waals surface area (Å²) >= 11 is 0. The van der Waals surface area contributed by atoms with Crippen molar-refractivity contribution in [2.75, 3.05) is 0 Å². The van der Waals surface area contributed by atoms with Crippen LogP contribution in [0.2, 0.25) is 0 Å². The maximum Gasteiger partial charge on any atom is 0.192 e. The standard InChI is InChI=1S/C13H14FNO/c1-4-10-8(3)13(16)11-7(2)5-6-9(14)12(11)15-10/h5-6H,4H2,1-3H3,(H,15,16). The molecular formula is C13H14FNO. The highest BCUT2D eigenvalue weighted by molar-refractivity contribution is 5.83. The highest BCUT2D eigenvalue weighted by Gasteiger charge is 2.11. The van der Waals surface area contributed by atoms with Gasteiger partial charge in [0.25, 0.3) is 0 Å². The van der Waals surface area contributed by atoms with Gasteiger partial charge in [-0.15, -0.1) is 0 Å². The fourth-order valence-corrected chi connectivity index (χ4v) is 2.02. The third kappa shape index (κ3) is 1.43. The number of rotatable bonds is 1. The number of benzene rings is 1. The van der Waals surface area contributed by atoms with Crippen molar-refractivity contribution in [1.29, 1.82) is 0 Å². The molecule has 16 heavy (non-hydrogen) atoms. The smallest absolute Gasteiger partial charge is 0.192 e. The number of hydrogen-bond donors (Lipinski definition) is 1. The molecule has 0 atom stereocenters. The molecule has 0 radical (unpaired) electrons. The third-order valence-corrected chi connectivity index (χ3v) is 3.01. The van der Waals surface area contributed by atoms with Crippen molar-refractivity contribution in [3.8, 4) is 0 Å². The van der Waals surface area contributed by atoms with Crippen LogP contribution in [-0.4, -0.2) is 4.98 Å². The van der Waals surface area contributed by atoms with Crippen LogP contribution in [-0.2, 0) is 6.42 Å². The molecule has 0 spiro atoms. The minimum atomic E-state index is -0.368. The zero-order valence-electron chi connectivity index (χ0n) is 9.65. The van der Waals surface area contributed by atoms with E-state index in [-0.39, 0.29) is 11.2 Å². The SMILES string of the molecule is CCc1[nH]c2c(F)ccc(C)c2c(=O)c1C. The van der Waals surface area contributed by atoms with E-state index >= 15 is 0 Å². The molecular weight excluding hydrogens is 205 g/mol. The Labute approximate surface area is 93.1 Å². The van der Waals surface area contributed by atoms with E-state index in [4.69, 9.17) is 0 Å². The molecule has 0 fully saturated rings. The Morgan fingerprint density at radius 2 is 2.00 bits per heavy atom. The minimum Gasteiger partial charge on any atom is -0.356 e. The van der Waals surface area contributed by atoms with Crippen molar-refractivity contribution in [2.24, 2.45) is 0 Å². The maximum absolute atomic E-state index is 13.6. The second kappa shape index (κ2) is 3.74. The van der Waals surface area contributed by atoms with Crippen LogP contribution in [0.15, 0.2) is 16.9 Å². The van der Waals surface area contributed by atoms with Gasteiger partial charge in [-0.2, -0.15) is 0 Å². The van der Waals surface area contributed by atoms with E-state index in [1.165, 1.54) is 6.07 Å². The van der Waals surface area contributed by atoms with Crippen LogP contribution in [0.5, 0.6) is 0 Å². The Morgan fingerprint density at radius 3 is 2.62 bits per heavy atom. The zero-order valence-corrected chi connectivity index (χ0v) is 9.65. The number of halogens is 1. The van der Waals surface area contributed by atoms with Gasteiger partial charge in [-0.3, -0.25) is 4.79 Å². The first-order valence-corrected chi connectivity index (χ1v) is 5.36. The van der Waals surface area contributed by atoms with Gasteiger partial charge in [0, 0.05) is 11.3 Å². The van der Waals surface area contributed by atoms with Crippen molar-refractivity contribution < 1.29 is 4.39 Å². The van der Waals surface area contributed by atoms with Gasteiger partial charge in [0.2, 0.25) is 0 Å². The molecule has 0 aliphatic rings. The molecule has 0 saturated heterocycles. The van der Waals surface area contributed by atoms with Crippen molar-refractivity contribution in [2.45, 2.75) is 27.2 Å². The van der Waals surface area contributed by atoms with E-state index in [2.05, 4.69) is 4.98 Å².